The van der Waals surface area contributed by atoms with Crippen molar-refractivity contribution in [3.8, 4) is 0 Å². The van der Waals surface area contributed by atoms with Gasteiger partial charge in [-0.05, 0) is 19.0 Å². The minimum Gasteiger partial charge on any atom is -0.394 e. The molecule has 0 radical (unpaired) electrons. The topological polar surface area (TPSA) is 59.1 Å². The molecule has 18 heavy (non-hydrogen) atoms. The Labute approximate surface area is 110 Å². The molecule has 0 amide bonds. The molecule has 104 valence electrons. The number of aryl methyl sites for hydroxylation is 1. The Hall–Kier alpha value is -1.23. The summed E-state index contributed by atoms with van der Waals surface area (Å²) >= 11 is 0. The van der Waals surface area contributed by atoms with Gasteiger partial charge in [0.05, 0.1) is 11.4 Å². The highest BCUT2D eigenvalue weighted by molar-refractivity contribution is 5.65. The Morgan fingerprint density at radius 3 is 2.39 bits per heavy atom. The molecule has 1 aromatic rings. The van der Waals surface area contributed by atoms with Crippen LogP contribution in [0, 0.1) is 0 Å². The third-order valence-electron chi connectivity index (χ3n) is 3.27. The smallest absolute Gasteiger partial charge is 0.147 e. The maximum absolute atomic E-state index is 6.13. The van der Waals surface area contributed by atoms with Gasteiger partial charge in [0.2, 0.25) is 0 Å². The van der Waals surface area contributed by atoms with Crippen LogP contribution in [-0.4, -0.2) is 40.9 Å². The highest BCUT2D eigenvalue weighted by Crippen LogP contribution is 2.27. The van der Waals surface area contributed by atoms with Crippen molar-refractivity contribution >= 4 is 11.5 Å². The van der Waals surface area contributed by atoms with E-state index in [1.54, 1.807) is 0 Å². The summed E-state index contributed by atoms with van der Waals surface area (Å²) in [6.45, 7) is 12.7. The predicted octanol–water partition coefficient (Wildman–Crippen LogP) is 1.88. The lowest BCUT2D eigenvalue weighted by Gasteiger charge is -2.18. The SMILES string of the molecule is CCN(CC)CCNc1c(N)c(C(C)C)nn1C. The third kappa shape index (κ3) is 3.38. The second-order valence-corrected chi connectivity index (χ2v) is 4.88. The lowest BCUT2D eigenvalue weighted by Crippen LogP contribution is -2.29. The lowest BCUT2D eigenvalue weighted by atomic mass is 10.1. The van der Waals surface area contributed by atoms with Crippen LogP contribution in [0.15, 0.2) is 0 Å². The molecule has 0 fully saturated rings. The zero-order valence-corrected chi connectivity index (χ0v) is 12.3. The Morgan fingerprint density at radius 1 is 1.33 bits per heavy atom. The van der Waals surface area contributed by atoms with Crippen molar-refractivity contribution in [1.82, 2.24) is 14.7 Å². The van der Waals surface area contributed by atoms with Crippen molar-refractivity contribution < 1.29 is 0 Å². The fourth-order valence-electron chi connectivity index (χ4n) is 2.07. The van der Waals surface area contributed by atoms with Gasteiger partial charge in [0.1, 0.15) is 5.82 Å². The molecule has 0 saturated heterocycles. The highest BCUT2D eigenvalue weighted by atomic mass is 15.3. The molecule has 1 rings (SSSR count). The minimum absolute atomic E-state index is 0.356. The molecule has 0 aliphatic heterocycles. The molecule has 0 atom stereocenters. The Kier molecular flexibility index (Phi) is 5.47. The maximum atomic E-state index is 6.13. The molecule has 1 heterocycles. The first-order valence-electron chi connectivity index (χ1n) is 6.79. The first-order valence-corrected chi connectivity index (χ1v) is 6.79. The van der Waals surface area contributed by atoms with Gasteiger partial charge in [-0.25, -0.2) is 0 Å². The number of likely N-dealkylation sites (N-methyl/N-ethyl adjacent to an activating group) is 1. The minimum atomic E-state index is 0.356. The summed E-state index contributed by atoms with van der Waals surface area (Å²) < 4.78 is 1.84. The van der Waals surface area contributed by atoms with Crippen LogP contribution in [-0.2, 0) is 7.05 Å². The summed E-state index contributed by atoms with van der Waals surface area (Å²) in [5.74, 6) is 1.29. The molecular weight excluding hydrogens is 226 g/mol. The zero-order valence-electron chi connectivity index (χ0n) is 12.3. The molecule has 1 aromatic heterocycles. The fourth-order valence-corrected chi connectivity index (χ4v) is 2.07. The zero-order chi connectivity index (χ0) is 13.7. The van der Waals surface area contributed by atoms with Crippen molar-refractivity contribution in [2.75, 3.05) is 37.2 Å². The number of aromatic nitrogens is 2. The van der Waals surface area contributed by atoms with Crippen LogP contribution >= 0.6 is 0 Å². The monoisotopic (exact) mass is 253 g/mol. The van der Waals surface area contributed by atoms with Crippen molar-refractivity contribution in [2.45, 2.75) is 33.6 Å². The number of nitrogens with two attached hydrogens (primary N) is 1. The molecule has 5 nitrogen and oxygen atoms in total. The van der Waals surface area contributed by atoms with Gasteiger partial charge in [-0.3, -0.25) is 4.68 Å². The van der Waals surface area contributed by atoms with Crippen molar-refractivity contribution in [1.29, 1.82) is 0 Å². The van der Waals surface area contributed by atoms with Gasteiger partial charge >= 0.3 is 0 Å². The van der Waals surface area contributed by atoms with E-state index in [0.717, 1.165) is 43.4 Å². The van der Waals surface area contributed by atoms with E-state index >= 15 is 0 Å². The molecule has 0 unspecified atom stereocenters. The standard InChI is InChI=1S/C13H27N5/c1-6-18(7-2)9-8-15-13-11(14)12(10(3)4)16-17(13)5/h10,15H,6-9,14H2,1-5H3. The van der Waals surface area contributed by atoms with Gasteiger partial charge in [-0.15, -0.1) is 0 Å². The largest absolute Gasteiger partial charge is 0.394 e. The van der Waals surface area contributed by atoms with Gasteiger partial charge in [-0.2, -0.15) is 5.10 Å². The van der Waals surface area contributed by atoms with Crippen LogP contribution in [0.5, 0.6) is 0 Å². The van der Waals surface area contributed by atoms with E-state index in [1.165, 1.54) is 0 Å². The summed E-state index contributed by atoms with van der Waals surface area (Å²) in [7, 11) is 1.93. The van der Waals surface area contributed by atoms with Crippen LogP contribution in [0.4, 0.5) is 11.5 Å². The number of nitrogen functional groups attached to an aromatic ring is 1. The summed E-state index contributed by atoms with van der Waals surface area (Å²) in [5.41, 5.74) is 7.89. The summed E-state index contributed by atoms with van der Waals surface area (Å²) in [4.78, 5) is 2.38. The summed E-state index contributed by atoms with van der Waals surface area (Å²) in [5, 5.41) is 7.85. The van der Waals surface area contributed by atoms with Crippen LogP contribution < -0.4 is 11.1 Å². The highest BCUT2D eigenvalue weighted by Gasteiger charge is 2.15. The van der Waals surface area contributed by atoms with Crippen LogP contribution in [0.2, 0.25) is 0 Å². The second kappa shape index (κ2) is 6.64. The number of rotatable bonds is 7. The Balaban J connectivity index is 2.62. The summed E-state index contributed by atoms with van der Waals surface area (Å²) in [6, 6.07) is 0. The first kappa shape index (κ1) is 14.8. The quantitative estimate of drug-likeness (QED) is 0.779. The number of nitrogens with one attached hydrogen (secondary N) is 1. The number of hydrogen-bond acceptors (Lipinski definition) is 4. The van der Waals surface area contributed by atoms with Gasteiger partial charge in [0, 0.05) is 20.1 Å². The fraction of sp³-hybridized carbons (Fsp3) is 0.769. The molecule has 0 aliphatic rings. The van der Waals surface area contributed by atoms with E-state index in [4.69, 9.17) is 5.73 Å². The number of hydrogen-bond donors (Lipinski definition) is 2. The van der Waals surface area contributed by atoms with Crippen molar-refractivity contribution in [2.24, 2.45) is 7.05 Å². The molecule has 3 N–H and O–H groups in total. The average Bonchev–Trinajstić information content (AvgIpc) is 2.62. The van der Waals surface area contributed by atoms with Crippen LogP contribution in [0.25, 0.3) is 0 Å². The molecule has 0 aromatic carbocycles. The Morgan fingerprint density at radius 2 is 1.94 bits per heavy atom. The van der Waals surface area contributed by atoms with E-state index in [2.05, 4.69) is 43.0 Å². The van der Waals surface area contributed by atoms with Gasteiger partial charge in [0.15, 0.2) is 0 Å². The van der Waals surface area contributed by atoms with E-state index in [-0.39, 0.29) is 0 Å². The van der Waals surface area contributed by atoms with Crippen LogP contribution in [0.3, 0.4) is 0 Å². The third-order valence-corrected chi connectivity index (χ3v) is 3.27. The molecular formula is C13H27N5. The lowest BCUT2D eigenvalue weighted by molar-refractivity contribution is 0.316. The van der Waals surface area contributed by atoms with E-state index in [9.17, 15) is 0 Å². The second-order valence-electron chi connectivity index (χ2n) is 4.88. The van der Waals surface area contributed by atoms with Gasteiger partial charge < -0.3 is 16.0 Å². The first-order chi connectivity index (χ1) is 8.51. The maximum Gasteiger partial charge on any atom is 0.147 e. The molecule has 0 bridgehead atoms. The van der Waals surface area contributed by atoms with E-state index < -0.39 is 0 Å². The molecule has 0 saturated carbocycles. The Bertz CT molecular complexity index is 366. The average molecular weight is 253 g/mol. The van der Waals surface area contributed by atoms with Crippen molar-refractivity contribution in [3.05, 3.63) is 5.69 Å². The van der Waals surface area contributed by atoms with E-state index in [0.29, 0.717) is 5.92 Å². The van der Waals surface area contributed by atoms with Crippen LogP contribution in [0.1, 0.15) is 39.3 Å². The number of anilines is 2. The normalized spacial score (nSPS) is 11.5. The number of nitrogens with zero attached hydrogens (tertiary/aromatic N) is 3. The summed E-state index contributed by atoms with van der Waals surface area (Å²) in [6.07, 6.45) is 0. The van der Waals surface area contributed by atoms with Gasteiger partial charge in [-0.1, -0.05) is 27.7 Å². The molecule has 0 spiro atoms. The molecule has 0 aliphatic carbocycles. The predicted molar refractivity (Wildman–Crippen MR) is 78.0 cm³/mol. The van der Waals surface area contributed by atoms with E-state index in [1.807, 2.05) is 11.7 Å². The van der Waals surface area contributed by atoms with Gasteiger partial charge in [0.25, 0.3) is 0 Å². The molecule has 5 heteroatoms. The van der Waals surface area contributed by atoms with Crippen molar-refractivity contribution in [3.63, 3.8) is 0 Å².